The minimum Gasteiger partial charge on any atom is -0.449 e. The Bertz CT molecular complexity index is 466. The van der Waals surface area contributed by atoms with E-state index < -0.39 is 9.84 Å². The van der Waals surface area contributed by atoms with Gasteiger partial charge in [0.25, 0.3) is 0 Å². The number of aliphatic hydroxyl groups is 1. The molecule has 0 saturated carbocycles. The Balaban J connectivity index is 2.04. The van der Waals surface area contributed by atoms with Crippen molar-refractivity contribution in [1.29, 1.82) is 0 Å². The van der Waals surface area contributed by atoms with Crippen molar-refractivity contribution in [1.82, 2.24) is 4.98 Å². The Hall–Kier alpha value is -0.880. The SMILES string of the molecule is O=S1(=O)CCCC(c2coc(CCCO)n2)C1. The molecule has 17 heavy (non-hydrogen) atoms. The van der Waals surface area contributed by atoms with Crippen LogP contribution in [0.15, 0.2) is 10.7 Å². The van der Waals surface area contributed by atoms with E-state index in [9.17, 15) is 8.42 Å². The van der Waals surface area contributed by atoms with E-state index in [1.54, 1.807) is 6.26 Å². The van der Waals surface area contributed by atoms with Gasteiger partial charge >= 0.3 is 0 Å². The molecule has 5 nitrogen and oxygen atoms in total. The number of sulfone groups is 1. The molecule has 1 N–H and O–H groups in total. The van der Waals surface area contributed by atoms with Gasteiger partial charge in [-0.15, -0.1) is 0 Å². The Morgan fingerprint density at radius 3 is 3.06 bits per heavy atom. The van der Waals surface area contributed by atoms with Crippen molar-refractivity contribution in [2.75, 3.05) is 18.1 Å². The van der Waals surface area contributed by atoms with Crippen LogP contribution < -0.4 is 0 Å². The van der Waals surface area contributed by atoms with Crippen LogP contribution in [0.25, 0.3) is 0 Å². The van der Waals surface area contributed by atoms with E-state index in [2.05, 4.69) is 4.98 Å². The summed E-state index contributed by atoms with van der Waals surface area (Å²) in [4.78, 5) is 4.29. The van der Waals surface area contributed by atoms with Crippen molar-refractivity contribution in [2.24, 2.45) is 0 Å². The molecule has 0 aromatic carbocycles. The summed E-state index contributed by atoms with van der Waals surface area (Å²) >= 11 is 0. The molecule has 1 atom stereocenters. The first-order valence-corrected chi connectivity index (χ1v) is 7.68. The molecule has 1 aliphatic heterocycles. The van der Waals surface area contributed by atoms with Crippen LogP contribution >= 0.6 is 0 Å². The average molecular weight is 259 g/mol. The first-order chi connectivity index (χ1) is 8.11. The number of oxazole rings is 1. The van der Waals surface area contributed by atoms with E-state index >= 15 is 0 Å². The van der Waals surface area contributed by atoms with Crippen molar-refractivity contribution in [2.45, 2.75) is 31.6 Å². The molecule has 0 amide bonds. The minimum atomic E-state index is -2.91. The van der Waals surface area contributed by atoms with E-state index in [-0.39, 0.29) is 18.3 Å². The minimum absolute atomic E-state index is 0.0274. The van der Waals surface area contributed by atoms with Gasteiger partial charge in [0.15, 0.2) is 15.7 Å². The van der Waals surface area contributed by atoms with Crippen LogP contribution in [0.5, 0.6) is 0 Å². The lowest BCUT2D eigenvalue weighted by Crippen LogP contribution is -2.23. The lowest BCUT2D eigenvalue weighted by Gasteiger charge is -2.19. The lowest BCUT2D eigenvalue weighted by molar-refractivity contribution is 0.283. The third-order valence-corrected chi connectivity index (χ3v) is 4.82. The Kier molecular flexibility index (Phi) is 3.83. The van der Waals surface area contributed by atoms with Gasteiger partial charge in [-0.3, -0.25) is 0 Å². The summed E-state index contributed by atoms with van der Waals surface area (Å²) in [7, 11) is -2.91. The zero-order valence-corrected chi connectivity index (χ0v) is 10.4. The van der Waals surface area contributed by atoms with Gasteiger partial charge < -0.3 is 9.52 Å². The molecule has 2 rings (SSSR count). The molecular formula is C11H17NO4S. The van der Waals surface area contributed by atoms with Crippen LogP contribution in [0.2, 0.25) is 0 Å². The van der Waals surface area contributed by atoms with Crippen molar-refractivity contribution in [3.05, 3.63) is 17.8 Å². The van der Waals surface area contributed by atoms with Crippen LogP contribution in [0.1, 0.15) is 36.8 Å². The van der Waals surface area contributed by atoms with Gasteiger partial charge in [0.1, 0.15) is 6.26 Å². The van der Waals surface area contributed by atoms with E-state index in [1.807, 2.05) is 0 Å². The lowest BCUT2D eigenvalue weighted by atomic mass is 10.0. The van der Waals surface area contributed by atoms with Gasteiger partial charge in [-0.05, 0) is 19.3 Å². The fraction of sp³-hybridized carbons (Fsp3) is 0.727. The Morgan fingerprint density at radius 2 is 2.35 bits per heavy atom. The topological polar surface area (TPSA) is 80.4 Å². The molecule has 1 aromatic rings. The normalized spacial score (nSPS) is 23.7. The maximum absolute atomic E-state index is 11.5. The summed E-state index contributed by atoms with van der Waals surface area (Å²) < 4.78 is 28.3. The van der Waals surface area contributed by atoms with Gasteiger partial charge in [-0.1, -0.05) is 0 Å². The summed E-state index contributed by atoms with van der Waals surface area (Å²) in [6.07, 6.45) is 4.31. The highest BCUT2D eigenvalue weighted by atomic mass is 32.2. The molecule has 0 bridgehead atoms. The highest BCUT2D eigenvalue weighted by Crippen LogP contribution is 2.27. The average Bonchev–Trinajstić information content (AvgIpc) is 2.73. The van der Waals surface area contributed by atoms with Crippen molar-refractivity contribution in [3.63, 3.8) is 0 Å². The molecule has 1 aromatic heterocycles. The Labute approximate surface area is 101 Å². The van der Waals surface area contributed by atoms with Crippen molar-refractivity contribution < 1.29 is 17.9 Å². The smallest absolute Gasteiger partial charge is 0.194 e. The molecule has 0 spiro atoms. The van der Waals surface area contributed by atoms with Crippen LogP contribution in [-0.2, 0) is 16.3 Å². The molecule has 1 fully saturated rings. The number of aromatic nitrogens is 1. The molecule has 1 unspecified atom stereocenters. The molecule has 6 heteroatoms. The number of hydrogen-bond acceptors (Lipinski definition) is 5. The standard InChI is InChI=1S/C11H17NO4S/c13-5-1-4-11-12-10(7-16-11)9-3-2-6-17(14,15)8-9/h7,9,13H,1-6,8H2. The second kappa shape index (κ2) is 5.18. The van der Waals surface area contributed by atoms with Crippen LogP contribution in [0.4, 0.5) is 0 Å². The van der Waals surface area contributed by atoms with Crippen molar-refractivity contribution in [3.8, 4) is 0 Å². The summed E-state index contributed by atoms with van der Waals surface area (Å²) in [5.41, 5.74) is 0.737. The van der Waals surface area contributed by atoms with Crippen molar-refractivity contribution >= 4 is 9.84 Å². The molecule has 1 aliphatic rings. The zero-order chi connectivity index (χ0) is 12.3. The number of aryl methyl sites for hydroxylation is 1. The largest absolute Gasteiger partial charge is 0.449 e. The number of aliphatic hydroxyl groups excluding tert-OH is 1. The number of hydrogen-bond donors (Lipinski definition) is 1. The van der Waals surface area contributed by atoms with Crippen LogP contribution in [0, 0.1) is 0 Å². The second-order valence-electron chi connectivity index (χ2n) is 4.45. The molecular weight excluding hydrogens is 242 g/mol. The molecule has 0 aliphatic carbocycles. The number of rotatable bonds is 4. The zero-order valence-electron chi connectivity index (χ0n) is 9.63. The van der Waals surface area contributed by atoms with Gasteiger partial charge in [0, 0.05) is 18.9 Å². The third kappa shape index (κ3) is 3.29. The molecule has 96 valence electrons. The highest BCUT2D eigenvalue weighted by Gasteiger charge is 2.27. The van der Waals surface area contributed by atoms with Gasteiger partial charge in [-0.25, -0.2) is 13.4 Å². The fourth-order valence-electron chi connectivity index (χ4n) is 2.11. The summed E-state index contributed by atoms with van der Waals surface area (Å²) in [5.74, 6) is 1.02. The van der Waals surface area contributed by atoms with Crippen LogP contribution in [0.3, 0.4) is 0 Å². The van der Waals surface area contributed by atoms with Gasteiger partial charge in [0.2, 0.25) is 0 Å². The molecule has 2 heterocycles. The van der Waals surface area contributed by atoms with E-state index in [1.165, 1.54) is 0 Å². The molecule has 1 saturated heterocycles. The van der Waals surface area contributed by atoms with E-state index in [0.717, 1.165) is 12.1 Å². The second-order valence-corrected chi connectivity index (χ2v) is 6.68. The first kappa shape index (κ1) is 12.6. The van der Waals surface area contributed by atoms with Gasteiger partial charge in [-0.2, -0.15) is 0 Å². The summed E-state index contributed by atoms with van der Waals surface area (Å²) in [5, 5.41) is 8.70. The van der Waals surface area contributed by atoms with Crippen LogP contribution in [-0.4, -0.2) is 36.6 Å². The third-order valence-electron chi connectivity index (χ3n) is 3.00. The first-order valence-electron chi connectivity index (χ1n) is 5.86. The Morgan fingerprint density at radius 1 is 1.53 bits per heavy atom. The van der Waals surface area contributed by atoms with E-state index in [4.69, 9.17) is 9.52 Å². The maximum Gasteiger partial charge on any atom is 0.194 e. The predicted octanol–water partition coefficient (Wildman–Crippen LogP) is 0.892. The monoisotopic (exact) mass is 259 g/mol. The summed E-state index contributed by atoms with van der Waals surface area (Å²) in [6.45, 7) is 0.107. The maximum atomic E-state index is 11.5. The highest BCUT2D eigenvalue weighted by molar-refractivity contribution is 7.91. The van der Waals surface area contributed by atoms with Gasteiger partial charge in [0.05, 0.1) is 17.2 Å². The number of nitrogens with zero attached hydrogens (tertiary/aromatic N) is 1. The summed E-state index contributed by atoms with van der Waals surface area (Å²) in [6, 6.07) is 0. The predicted molar refractivity (Wildman–Crippen MR) is 62.5 cm³/mol. The quantitative estimate of drug-likeness (QED) is 0.868. The molecule has 0 radical (unpaired) electrons. The fourth-order valence-corrected chi connectivity index (χ4v) is 3.84. The van der Waals surface area contributed by atoms with E-state index in [0.29, 0.717) is 30.9 Å².